The highest BCUT2D eigenvalue weighted by Gasteiger charge is 2.45. The molecule has 0 bridgehead atoms. The molecular formula is C15H20BrN3O. The van der Waals surface area contributed by atoms with Gasteiger partial charge in [-0.2, -0.15) is 0 Å². The number of nitrogens with one attached hydrogen (secondary N) is 1. The van der Waals surface area contributed by atoms with Gasteiger partial charge in [0.25, 0.3) is 0 Å². The van der Waals surface area contributed by atoms with Gasteiger partial charge in [-0.3, -0.25) is 4.98 Å². The van der Waals surface area contributed by atoms with Gasteiger partial charge < -0.3 is 10.2 Å². The molecule has 0 atom stereocenters. The van der Waals surface area contributed by atoms with Crippen LogP contribution in [0, 0.1) is 12.3 Å². The van der Waals surface area contributed by atoms with E-state index in [1.807, 2.05) is 17.9 Å². The molecule has 1 spiro atoms. The van der Waals surface area contributed by atoms with E-state index in [1.54, 1.807) is 6.20 Å². The Hall–Kier alpha value is -1.10. The molecule has 108 valence electrons. The highest BCUT2D eigenvalue weighted by molar-refractivity contribution is 9.10. The van der Waals surface area contributed by atoms with E-state index in [0.717, 1.165) is 28.9 Å². The molecule has 20 heavy (non-hydrogen) atoms. The predicted octanol–water partition coefficient (Wildman–Crippen LogP) is 3.95. The van der Waals surface area contributed by atoms with Crippen LogP contribution in [0.2, 0.25) is 0 Å². The Balaban J connectivity index is 1.57. The fraction of sp³-hybridized carbons (Fsp3) is 0.600. The number of aromatic nitrogens is 1. The van der Waals surface area contributed by atoms with Crippen LogP contribution >= 0.6 is 15.9 Å². The summed E-state index contributed by atoms with van der Waals surface area (Å²) in [5, 5.41) is 2.93. The van der Waals surface area contributed by atoms with Crippen LogP contribution in [0.5, 0.6) is 0 Å². The van der Waals surface area contributed by atoms with Crippen LogP contribution in [0.15, 0.2) is 16.7 Å². The molecule has 2 aliphatic rings. The maximum atomic E-state index is 12.2. The topological polar surface area (TPSA) is 45.2 Å². The number of nitrogens with zero attached hydrogens (tertiary/aromatic N) is 2. The third-order valence-electron chi connectivity index (χ3n) is 4.53. The molecule has 1 saturated heterocycles. The first-order valence-corrected chi connectivity index (χ1v) is 8.05. The molecule has 0 aromatic carbocycles. The lowest BCUT2D eigenvalue weighted by Gasteiger charge is -2.52. The van der Waals surface area contributed by atoms with Gasteiger partial charge in [-0.1, -0.05) is 19.3 Å². The predicted molar refractivity (Wildman–Crippen MR) is 82.8 cm³/mol. The van der Waals surface area contributed by atoms with Crippen molar-refractivity contribution in [2.24, 2.45) is 5.41 Å². The van der Waals surface area contributed by atoms with E-state index in [1.165, 1.54) is 32.1 Å². The molecule has 1 saturated carbocycles. The largest absolute Gasteiger partial charge is 0.323 e. The van der Waals surface area contributed by atoms with Gasteiger partial charge in [-0.25, -0.2) is 4.79 Å². The number of halogens is 1. The molecule has 0 unspecified atom stereocenters. The smallest absolute Gasteiger partial charge is 0.321 e. The molecule has 1 aliphatic heterocycles. The molecule has 1 aliphatic carbocycles. The Morgan fingerprint density at radius 2 is 2.05 bits per heavy atom. The van der Waals surface area contributed by atoms with Crippen LogP contribution in [0.4, 0.5) is 10.5 Å². The van der Waals surface area contributed by atoms with Crippen molar-refractivity contribution in [3.63, 3.8) is 0 Å². The van der Waals surface area contributed by atoms with E-state index in [4.69, 9.17) is 0 Å². The minimum atomic E-state index is -0.00116. The number of rotatable bonds is 1. The molecule has 4 nitrogen and oxygen atoms in total. The van der Waals surface area contributed by atoms with Crippen molar-refractivity contribution in [2.75, 3.05) is 18.4 Å². The van der Waals surface area contributed by atoms with Crippen LogP contribution < -0.4 is 5.32 Å². The molecule has 1 aromatic heterocycles. The number of amides is 2. The Bertz CT molecular complexity index is 518. The summed E-state index contributed by atoms with van der Waals surface area (Å²) in [7, 11) is 0. The second kappa shape index (κ2) is 5.35. The van der Waals surface area contributed by atoms with Crippen molar-refractivity contribution in [1.29, 1.82) is 0 Å². The number of anilines is 1. The third kappa shape index (κ3) is 2.68. The van der Waals surface area contributed by atoms with Gasteiger partial charge in [-0.15, -0.1) is 0 Å². The Kier molecular flexibility index (Phi) is 3.71. The molecule has 2 heterocycles. The standard InChI is InChI=1S/C15H20BrN3O/c1-11-13(16)7-12(8-17-11)18-14(20)19-9-15(10-19)5-3-2-4-6-15/h7-8H,2-6,9-10H2,1H3,(H,18,20). The van der Waals surface area contributed by atoms with Crippen LogP contribution in [0.3, 0.4) is 0 Å². The van der Waals surface area contributed by atoms with Crippen molar-refractivity contribution in [2.45, 2.75) is 39.0 Å². The lowest BCUT2D eigenvalue weighted by molar-refractivity contribution is 0.00515. The third-order valence-corrected chi connectivity index (χ3v) is 5.33. The van der Waals surface area contributed by atoms with Gasteiger partial charge in [0, 0.05) is 23.0 Å². The number of hydrogen-bond acceptors (Lipinski definition) is 2. The van der Waals surface area contributed by atoms with E-state index >= 15 is 0 Å². The van der Waals surface area contributed by atoms with E-state index < -0.39 is 0 Å². The van der Waals surface area contributed by atoms with Crippen molar-refractivity contribution in [1.82, 2.24) is 9.88 Å². The zero-order valence-electron chi connectivity index (χ0n) is 11.8. The number of carbonyl (C=O) groups excluding carboxylic acids is 1. The van der Waals surface area contributed by atoms with Crippen LogP contribution in [0.1, 0.15) is 37.8 Å². The lowest BCUT2D eigenvalue weighted by Crippen LogP contribution is -2.60. The quantitative estimate of drug-likeness (QED) is 0.843. The van der Waals surface area contributed by atoms with Gasteiger partial charge in [0.15, 0.2) is 0 Å². The Morgan fingerprint density at radius 3 is 2.70 bits per heavy atom. The number of likely N-dealkylation sites (tertiary alicyclic amines) is 1. The molecule has 2 fully saturated rings. The maximum Gasteiger partial charge on any atom is 0.321 e. The van der Waals surface area contributed by atoms with Gasteiger partial charge in [0.1, 0.15) is 0 Å². The summed E-state index contributed by atoms with van der Waals surface area (Å²) in [6.07, 6.45) is 8.28. The summed E-state index contributed by atoms with van der Waals surface area (Å²) in [5.74, 6) is 0. The van der Waals surface area contributed by atoms with Crippen LogP contribution in [-0.4, -0.2) is 29.0 Å². The van der Waals surface area contributed by atoms with Gasteiger partial charge in [0.05, 0.1) is 17.6 Å². The first-order valence-electron chi connectivity index (χ1n) is 7.26. The Morgan fingerprint density at radius 1 is 1.35 bits per heavy atom. The fourth-order valence-corrected chi connectivity index (χ4v) is 3.65. The summed E-state index contributed by atoms with van der Waals surface area (Å²) >= 11 is 3.43. The molecule has 1 N–H and O–H groups in total. The number of pyridine rings is 1. The minimum Gasteiger partial charge on any atom is -0.323 e. The normalized spacial score (nSPS) is 20.6. The zero-order chi connectivity index (χ0) is 14.2. The number of aryl methyl sites for hydroxylation is 1. The first-order chi connectivity index (χ1) is 9.58. The average Bonchev–Trinajstić information content (AvgIpc) is 2.41. The summed E-state index contributed by atoms with van der Waals surface area (Å²) in [6.45, 7) is 3.76. The van der Waals surface area contributed by atoms with E-state index in [2.05, 4.69) is 26.2 Å². The Labute approximate surface area is 128 Å². The fourth-order valence-electron chi connectivity index (χ4n) is 3.30. The van der Waals surface area contributed by atoms with Crippen molar-refractivity contribution < 1.29 is 4.79 Å². The molecule has 3 rings (SSSR count). The molecule has 5 heteroatoms. The number of urea groups is 1. The van der Waals surface area contributed by atoms with E-state index in [-0.39, 0.29) is 6.03 Å². The summed E-state index contributed by atoms with van der Waals surface area (Å²) in [6, 6.07) is 1.90. The monoisotopic (exact) mass is 337 g/mol. The summed E-state index contributed by atoms with van der Waals surface area (Å²) in [4.78, 5) is 18.3. The summed E-state index contributed by atoms with van der Waals surface area (Å²) < 4.78 is 0.919. The van der Waals surface area contributed by atoms with E-state index in [9.17, 15) is 4.79 Å². The van der Waals surface area contributed by atoms with E-state index in [0.29, 0.717) is 5.41 Å². The number of hydrogen-bond donors (Lipinski definition) is 1. The lowest BCUT2D eigenvalue weighted by atomic mass is 9.69. The molecule has 2 amide bonds. The van der Waals surface area contributed by atoms with Gasteiger partial charge in [0.2, 0.25) is 0 Å². The van der Waals surface area contributed by atoms with Crippen molar-refractivity contribution >= 4 is 27.6 Å². The van der Waals surface area contributed by atoms with Crippen LogP contribution in [-0.2, 0) is 0 Å². The minimum absolute atomic E-state index is 0.00116. The highest BCUT2D eigenvalue weighted by atomic mass is 79.9. The molecular weight excluding hydrogens is 318 g/mol. The second-order valence-corrected chi connectivity index (χ2v) is 6.99. The second-order valence-electron chi connectivity index (χ2n) is 6.14. The average molecular weight is 338 g/mol. The van der Waals surface area contributed by atoms with Gasteiger partial charge in [-0.05, 0) is 41.8 Å². The first kappa shape index (κ1) is 13.9. The molecule has 0 radical (unpaired) electrons. The zero-order valence-corrected chi connectivity index (χ0v) is 13.4. The van der Waals surface area contributed by atoms with Crippen molar-refractivity contribution in [3.8, 4) is 0 Å². The van der Waals surface area contributed by atoms with Crippen molar-refractivity contribution in [3.05, 3.63) is 22.4 Å². The maximum absolute atomic E-state index is 12.2. The van der Waals surface area contributed by atoms with Crippen LogP contribution in [0.25, 0.3) is 0 Å². The SMILES string of the molecule is Cc1ncc(NC(=O)N2CC3(CCCCC3)C2)cc1Br. The molecule has 1 aromatic rings. The number of carbonyl (C=O) groups is 1. The highest BCUT2D eigenvalue weighted by Crippen LogP contribution is 2.43. The van der Waals surface area contributed by atoms with Gasteiger partial charge >= 0.3 is 6.03 Å². The summed E-state index contributed by atoms with van der Waals surface area (Å²) in [5.41, 5.74) is 2.10.